The smallest absolute Gasteiger partial charge is 0.345 e. The first-order valence-electron chi connectivity index (χ1n) is 9.27. The number of aromatic amines is 1. The molecule has 0 aliphatic rings. The lowest BCUT2D eigenvalue weighted by Crippen LogP contribution is -2.37. The lowest BCUT2D eigenvalue weighted by Gasteiger charge is -2.19. The molecule has 1 heterocycles. The molecule has 6 nitrogen and oxygen atoms in total. The summed E-state index contributed by atoms with van der Waals surface area (Å²) in [5, 5.41) is 12.1. The molecule has 6 heteroatoms. The van der Waals surface area contributed by atoms with Crippen LogP contribution in [0, 0.1) is 0 Å². The number of aromatic nitrogens is 2. The minimum absolute atomic E-state index is 0.0609. The molecule has 3 rings (SSSR count). The van der Waals surface area contributed by atoms with Gasteiger partial charge in [0.15, 0.2) is 0 Å². The number of hydrogen-bond acceptors (Lipinski definition) is 4. The zero-order valence-electron chi connectivity index (χ0n) is 15.5. The topological polar surface area (TPSA) is 95.1 Å². The van der Waals surface area contributed by atoms with Gasteiger partial charge in [-0.2, -0.15) is 0 Å². The van der Waals surface area contributed by atoms with Gasteiger partial charge in [0.05, 0.1) is 0 Å². The number of H-pyrrole nitrogens is 1. The van der Waals surface area contributed by atoms with E-state index in [1.165, 1.54) is 12.3 Å². The molecule has 3 N–H and O–H groups in total. The van der Waals surface area contributed by atoms with Crippen molar-refractivity contribution < 1.29 is 9.90 Å². The van der Waals surface area contributed by atoms with E-state index < -0.39 is 5.69 Å². The van der Waals surface area contributed by atoms with E-state index in [2.05, 4.69) is 51.7 Å². The maximum absolute atomic E-state index is 12.4. The number of aliphatic hydroxyl groups is 1. The normalized spacial score (nSPS) is 11.8. The van der Waals surface area contributed by atoms with Gasteiger partial charge in [0, 0.05) is 18.8 Å². The van der Waals surface area contributed by atoms with E-state index in [4.69, 9.17) is 5.11 Å². The van der Waals surface area contributed by atoms with Crippen LogP contribution in [0.4, 0.5) is 0 Å². The molecule has 0 spiro atoms. The zero-order valence-corrected chi connectivity index (χ0v) is 15.5. The molecule has 1 atom stereocenters. The van der Waals surface area contributed by atoms with Crippen LogP contribution in [0.25, 0.3) is 11.1 Å². The third-order valence-electron chi connectivity index (χ3n) is 4.51. The highest BCUT2D eigenvalue weighted by Gasteiger charge is 2.15. The summed E-state index contributed by atoms with van der Waals surface area (Å²) in [6, 6.07) is 19.7. The Labute approximate surface area is 163 Å². The number of carbonyl (C=O) groups is 1. The molecule has 144 valence electrons. The first-order chi connectivity index (χ1) is 13.7. The van der Waals surface area contributed by atoms with Gasteiger partial charge in [0.25, 0.3) is 5.91 Å². The Morgan fingerprint density at radius 2 is 1.75 bits per heavy atom. The fraction of sp³-hybridized carbons (Fsp3) is 0.227. The average molecular weight is 377 g/mol. The second-order valence-corrected chi connectivity index (χ2v) is 6.59. The maximum atomic E-state index is 12.4. The van der Waals surface area contributed by atoms with Crippen molar-refractivity contribution in [2.24, 2.45) is 0 Å². The third-order valence-corrected chi connectivity index (χ3v) is 4.51. The summed E-state index contributed by atoms with van der Waals surface area (Å²) in [5.41, 5.74) is 2.99. The largest absolute Gasteiger partial charge is 0.396 e. The minimum Gasteiger partial charge on any atom is -0.396 e. The third kappa shape index (κ3) is 5.37. The van der Waals surface area contributed by atoms with Crippen molar-refractivity contribution in [2.75, 3.05) is 6.61 Å². The van der Waals surface area contributed by atoms with E-state index in [-0.39, 0.29) is 24.2 Å². The Kier molecular flexibility index (Phi) is 6.70. The Bertz CT molecular complexity index is 953. The Morgan fingerprint density at radius 1 is 1.04 bits per heavy atom. The van der Waals surface area contributed by atoms with Crippen molar-refractivity contribution in [2.45, 2.75) is 25.3 Å². The van der Waals surface area contributed by atoms with Gasteiger partial charge in [-0.3, -0.25) is 4.79 Å². The van der Waals surface area contributed by atoms with Crippen molar-refractivity contribution in [1.29, 1.82) is 0 Å². The summed E-state index contributed by atoms with van der Waals surface area (Å²) >= 11 is 0. The van der Waals surface area contributed by atoms with Crippen LogP contribution >= 0.6 is 0 Å². The van der Waals surface area contributed by atoms with Gasteiger partial charge >= 0.3 is 5.69 Å². The van der Waals surface area contributed by atoms with Crippen molar-refractivity contribution >= 4 is 5.91 Å². The van der Waals surface area contributed by atoms with Crippen LogP contribution in [0.15, 0.2) is 71.7 Å². The number of rotatable bonds is 8. The Balaban J connectivity index is 1.69. The van der Waals surface area contributed by atoms with Gasteiger partial charge in [-0.05, 0) is 42.0 Å². The first kappa shape index (κ1) is 19.5. The van der Waals surface area contributed by atoms with E-state index in [9.17, 15) is 9.59 Å². The fourth-order valence-electron chi connectivity index (χ4n) is 3.08. The Hall–Kier alpha value is -3.25. The van der Waals surface area contributed by atoms with Crippen LogP contribution in [0.3, 0.4) is 0 Å². The standard InChI is InChI=1S/C22H23N3O3/c26-14-4-7-19(24-21(27)20-12-13-23-22(28)25-20)15-16-8-10-18(11-9-16)17-5-2-1-3-6-17/h1-3,5-6,8-13,19,26H,4,7,14-15H2,(H,24,27)(H,23,25,28). The molecule has 3 aromatic rings. The molecule has 0 radical (unpaired) electrons. The molecular weight excluding hydrogens is 354 g/mol. The van der Waals surface area contributed by atoms with Crippen molar-refractivity contribution in [3.8, 4) is 11.1 Å². The summed E-state index contributed by atoms with van der Waals surface area (Å²) in [4.78, 5) is 29.7. The summed E-state index contributed by atoms with van der Waals surface area (Å²) in [5.74, 6) is -0.358. The molecule has 1 amide bonds. The van der Waals surface area contributed by atoms with Crippen molar-refractivity contribution in [1.82, 2.24) is 15.3 Å². The molecule has 0 saturated heterocycles. The lowest BCUT2D eigenvalue weighted by molar-refractivity contribution is 0.0927. The molecule has 0 aliphatic heterocycles. The van der Waals surface area contributed by atoms with Crippen LogP contribution in [0.5, 0.6) is 0 Å². The molecule has 0 bridgehead atoms. The van der Waals surface area contributed by atoms with Crippen LogP contribution in [-0.2, 0) is 6.42 Å². The highest BCUT2D eigenvalue weighted by Crippen LogP contribution is 2.20. The molecule has 0 aliphatic carbocycles. The summed E-state index contributed by atoms with van der Waals surface area (Å²) < 4.78 is 0. The molecule has 0 fully saturated rings. The fourth-order valence-corrected chi connectivity index (χ4v) is 3.08. The molecule has 1 unspecified atom stereocenters. The van der Waals surface area contributed by atoms with Gasteiger partial charge in [-0.25, -0.2) is 9.78 Å². The number of hydrogen-bond donors (Lipinski definition) is 3. The Morgan fingerprint density at radius 3 is 2.43 bits per heavy atom. The van der Waals surface area contributed by atoms with E-state index in [1.54, 1.807) is 0 Å². The number of nitrogens with zero attached hydrogens (tertiary/aromatic N) is 1. The second-order valence-electron chi connectivity index (χ2n) is 6.59. The molecule has 1 aromatic heterocycles. The predicted octanol–water partition coefficient (Wildman–Crippen LogP) is 2.55. The quantitative estimate of drug-likeness (QED) is 0.562. The van der Waals surface area contributed by atoms with Crippen molar-refractivity contribution in [3.63, 3.8) is 0 Å². The van der Waals surface area contributed by atoms with E-state index in [0.717, 1.165) is 16.7 Å². The van der Waals surface area contributed by atoms with Crippen LogP contribution < -0.4 is 11.0 Å². The zero-order chi connectivity index (χ0) is 19.8. The van der Waals surface area contributed by atoms with Gasteiger partial charge in [-0.1, -0.05) is 54.6 Å². The van der Waals surface area contributed by atoms with E-state index in [0.29, 0.717) is 19.3 Å². The number of aliphatic hydroxyl groups excluding tert-OH is 1. The highest BCUT2D eigenvalue weighted by molar-refractivity contribution is 5.92. The van der Waals surface area contributed by atoms with Crippen LogP contribution in [0.1, 0.15) is 28.9 Å². The molecule has 0 saturated carbocycles. The predicted molar refractivity (Wildman–Crippen MR) is 108 cm³/mol. The number of benzene rings is 2. The average Bonchev–Trinajstić information content (AvgIpc) is 2.73. The first-order valence-corrected chi connectivity index (χ1v) is 9.27. The molecular formula is C22H23N3O3. The SMILES string of the molecule is O=C(NC(CCCO)Cc1ccc(-c2ccccc2)cc1)c1ccnc(=O)[nH]1. The summed E-state index contributed by atoms with van der Waals surface area (Å²) in [6.45, 7) is 0.0609. The van der Waals surface area contributed by atoms with E-state index >= 15 is 0 Å². The van der Waals surface area contributed by atoms with Crippen LogP contribution in [0.2, 0.25) is 0 Å². The molecule has 2 aromatic carbocycles. The summed E-state index contributed by atoms with van der Waals surface area (Å²) in [7, 11) is 0. The minimum atomic E-state index is -0.559. The monoisotopic (exact) mass is 377 g/mol. The van der Waals surface area contributed by atoms with Crippen LogP contribution in [-0.4, -0.2) is 33.6 Å². The number of carbonyl (C=O) groups excluding carboxylic acids is 1. The maximum Gasteiger partial charge on any atom is 0.345 e. The van der Waals surface area contributed by atoms with Crippen molar-refractivity contribution in [3.05, 3.63) is 88.6 Å². The molecule has 28 heavy (non-hydrogen) atoms. The van der Waals surface area contributed by atoms with E-state index in [1.807, 2.05) is 18.2 Å². The van der Waals surface area contributed by atoms with Gasteiger partial charge < -0.3 is 15.4 Å². The number of amides is 1. The lowest BCUT2D eigenvalue weighted by atomic mass is 9.98. The van der Waals surface area contributed by atoms with Gasteiger partial charge in [0.1, 0.15) is 5.69 Å². The second kappa shape index (κ2) is 9.62. The number of nitrogens with one attached hydrogen (secondary N) is 2. The van der Waals surface area contributed by atoms with Gasteiger partial charge in [-0.15, -0.1) is 0 Å². The highest BCUT2D eigenvalue weighted by atomic mass is 16.3. The summed E-state index contributed by atoms with van der Waals surface area (Å²) in [6.07, 6.45) is 3.16. The van der Waals surface area contributed by atoms with Gasteiger partial charge in [0.2, 0.25) is 0 Å².